The van der Waals surface area contributed by atoms with Crippen LogP contribution in [-0.4, -0.2) is 33.4 Å². The molecule has 4 aromatic rings. The molecule has 7 nitrogen and oxygen atoms in total. The van der Waals surface area contributed by atoms with Gasteiger partial charge in [-0.1, -0.05) is 46.6 Å². The maximum Gasteiger partial charge on any atom is 0.119 e. The number of anilines is 2. The van der Waals surface area contributed by atoms with Crippen LogP contribution < -0.4 is 10.6 Å². The minimum atomic E-state index is -1.29. The zero-order valence-electron chi connectivity index (χ0n) is 19.6. The van der Waals surface area contributed by atoms with Crippen molar-refractivity contribution >= 4 is 53.3 Å². The lowest BCUT2D eigenvalue weighted by Crippen LogP contribution is -2.38. The Labute approximate surface area is 220 Å². The van der Waals surface area contributed by atoms with Gasteiger partial charge in [0.1, 0.15) is 19.6 Å². The van der Waals surface area contributed by atoms with Gasteiger partial charge in [0.2, 0.25) is 0 Å². The van der Waals surface area contributed by atoms with E-state index in [1.165, 1.54) is 0 Å². The van der Waals surface area contributed by atoms with Crippen molar-refractivity contribution in [1.82, 2.24) is 20.0 Å². The van der Waals surface area contributed by atoms with Gasteiger partial charge in [-0.05, 0) is 56.4 Å². The standard InChI is InChI=1S/C26H22BCl2N7/c1-25(8-9-25)33-23-15(12-30)13-31-24-18(23)10-16(11-21(24)29)32-26(27,19-4-2-3-5-20(19)28)22-14-36(35-34-22)17-6-7-17/h2-5,10-11,13-14,17,32H,6-9H2,1H3,(H,31,33). The molecule has 0 spiro atoms. The summed E-state index contributed by atoms with van der Waals surface area (Å²) < 4.78 is 1.85. The highest BCUT2D eigenvalue weighted by atomic mass is 35.5. The Morgan fingerprint density at radius 3 is 2.67 bits per heavy atom. The third-order valence-electron chi connectivity index (χ3n) is 6.95. The molecule has 2 aliphatic carbocycles. The van der Waals surface area contributed by atoms with Crippen molar-refractivity contribution < 1.29 is 0 Å². The maximum atomic E-state index is 9.77. The molecule has 10 heteroatoms. The van der Waals surface area contributed by atoms with Crippen molar-refractivity contribution in [2.45, 2.75) is 49.6 Å². The van der Waals surface area contributed by atoms with Crippen LogP contribution >= 0.6 is 23.2 Å². The largest absolute Gasteiger partial charge is 0.378 e. The predicted molar refractivity (Wildman–Crippen MR) is 143 cm³/mol. The molecule has 2 aromatic heterocycles. The van der Waals surface area contributed by atoms with Crippen LogP contribution in [0.5, 0.6) is 0 Å². The molecule has 2 radical (unpaired) electrons. The fourth-order valence-electron chi connectivity index (χ4n) is 4.42. The summed E-state index contributed by atoms with van der Waals surface area (Å²) in [5.41, 5.74) is 2.26. The second-order valence-electron chi connectivity index (χ2n) is 9.93. The van der Waals surface area contributed by atoms with E-state index in [1.54, 1.807) is 18.3 Å². The van der Waals surface area contributed by atoms with Crippen LogP contribution in [0.25, 0.3) is 10.9 Å². The van der Waals surface area contributed by atoms with Crippen LogP contribution in [0.3, 0.4) is 0 Å². The number of nitrogens with zero attached hydrogens (tertiary/aromatic N) is 5. The molecule has 1 unspecified atom stereocenters. The molecule has 2 saturated carbocycles. The lowest BCUT2D eigenvalue weighted by Gasteiger charge is -2.32. The van der Waals surface area contributed by atoms with Gasteiger partial charge < -0.3 is 10.6 Å². The molecule has 0 saturated heterocycles. The maximum absolute atomic E-state index is 9.77. The summed E-state index contributed by atoms with van der Waals surface area (Å²) in [6.07, 6.45) is 7.63. The van der Waals surface area contributed by atoms with Gasteiger partial charge in [-0.2, -0.15) is 5.26 Å². The molecule has 2 fully saturated rings. The molecular formula is C26H22BCl2N7. The Bertz CT molecular complexity index is 1540. The summed E-state index contributed by atoms with van der Waals surface area (Å²) in [5.74, 6) is 0. The first-order valence-electron chi connectivity index (χ1n) is 11.8. The minimum Gasteiger partial charge on any atom is -0.378 e. The molecule has 6 rings (SSSR count). The summed E-state index contributed by atoms with van der Waals surface area (Å²) in [5, 5.41) is 27.1. The van der Waals surface area contributed by atoms with Gasteiger partial charge in [0.05, 0.1) is 39.5 Å². The SMILES string of the molecule is [B]C(Nc1cc(Cl)c2ncc(C#N)c(NC3(C)CC3)c2c1)(c1cn(C2CC2)nn1)c1ccccc1Cl. The first kappa shape index (κ1) is 23.1. The number of hydrogen-bond acceptors (Lipinski definition) is 6. The fourth-order valence-corrected chi connectivity index (χ4v) is 4.97. The van der Waals surface area contributed by atoms with E-state index in [0.29, 0.717) is 49.8 Å². The lowest BCUT2D eigenvalue weighted by molar-refractivity contribution is 0.610. The molecule has 1 atom stereocenters. The van der Waals surface area contributed by atoms with Crippen LogP contribution in [0, 0.1) is 11.3 Å². The molecule has 2 aromatic carbocycles. The van der Waals surface area contributed by atoms with Crippen LogP contribution in [0.2, 0.25) is 10.0 Å². The van der Waals surface area contributed by atoms with Gasteiger partial charge >= 0.3 is 0 Å². The summed E-state index contributed by atoms with van der Waals surface area (Å²) >= 11 is 13.3. The van der Waals surface area contributed by atoms with Crippen molar-refractivity contribution in [3.05, 3.63) is 75.7 Å². The van der Waals surface area contributed by atoms with E-state index in [2.05, 4.69) is 38.9 Å². The predicted octanol–water partition coefficient (Wildman–Crippen LogP) is 5.79. The minimum absolute atomic E-state index is 0.0493. The molecule has 0 aliphatic heterocycles. The van der Waals surface area contributed by atoms with Crippen LogP contribution in [0.15, 0.2) is 48.8 Å². The van der Waals surface area contributed by atoms with Crippen LogP contribution in [0.4, 0.5) is 11.4 Å². The fraction of sp³-hybridized carbons (Fsp3) is 0.308. The summed E-state index contributed by atoms with van der Waals surface area (Å²) in [6.45, 7) is 2.13. The Morgan fingerprint density at radius 2 is 1.97 bits per heavy atom. The highest BCUT2D eigenvalue weighted by Crippen LogP contribution is 2.43. The molecule has 2 aliphatic rings. The van der Waals surface area contributed by atoms with Crippen molar-refractivity contribution in [3.8, 4) is 6.07 Å². The first-order valence-corrected chi connectivity index (χ1v) is 12.6. The van der Waals surface area contributed by atoms with Gasteiger partial charge in [-0.15, -0.1) is 5.10 Å². The molecule has 0 bridgehead atoms. The average molecular weight is 514 g/mol. The van der Waals surface area contributed by atoms with Crippen molar-refractivity contribution in [3.63, 3.8) is 0 Å². The summed E-state index contributed by atoms with van der Waals surface area (Å²) in [7, 11) is 7.07. The topological polar surface area (TPSA) is 91.5 Å². The Balaban J connectivity index is 1.49. The molecular weight excluding hydrogens is 492 g/mol. The highest BCUT2D eigenvalue weighted by molar-refractivity contribution is 6.36. The number of aromatic nitrogens is 4. The van der Waals surface area contributed by atoms with Crippen molar-refractivity contribution in [2.24, 2.45) is 0 Å². The van der Waals surface area contributed by atoms with Gasteiger partial charge in [0.25, 0.3) is 0 Å². The van der Waals surface area contributed by atoms with Gasteiger partial charge in [-0.3, -0.25) is 4.98 Å². The zero-order valence-corrected chi connectivity index (χ0v) is 21.1. The Kier molecular flexibility index (Phi) is 5.40. The number of nitrogens with one attached hydrogen (secondary N) is 2. The normalized spacial score (nSPS) is 17.8. The van der Waals surface area contributed by atoms with Gasteiger partial charge in [-0.25, -0.2) is 4.68 Å². The van der Waals surface area contributed by atoms with Crippen molar-refractivity contribution in [2.75, 3.05) is 10.6 Å². The number of hydrogen-bond donors (Lipinski definition) is 2. The van der Waals surface area contributed by atoms with E-state index < -0.39 is 5.44 Å². The summed E-state index contributed by atoms with van der Waals surface area (Å²) in [4.78, 5) is 4.46. The summed E-state index contributed by atoms with van der Waals surface area (Å²) in [6, 6.07) is 13.7. The lowest BCUT2D eigenvalue weighted by atomic mass is 9.69. The van der Waals surface area contributed by atoms with E-state index in [1.807, 2.05) is 35.1 Å². The van der Waals surface area contributed by atoms with E-state index >= 15 is 0 Å². The number of nitriles is 1. The third-order valence-corrected chi connectivity index (χ3v) is 7.57. The molecule has 36 heavy (non-hydrogen) atoms. The zero-order chi connectivity index (χ0) is 25.1. The van der Waals surface area contributed by atoms with Gasteiger partial charge in [0.15, 0.2) is 0 Å². The molecule has 2 N–H and O–H groups in total. The number of rotatable bonds is 7. The average Bonchev–Trinajstić information content (AvgIpc) is 3.78. The third kappa shape index (κ3) is 4.06. The van der Waals surface area contributed by atoms with Crippen LogP contribution in [0.1, 0.15) is 55.5 Å². The van der Waals surface area contributed by atoms with Crippen molar-refractivity contribution in [1.29, 1.82) is 5.26 Å². The van der Waals surface area contributed by atoms with Gasteiger partial charge in [0, 0.05) is 27.8 Å². The Morgan fingerprint density at radius 1 is 1.19 bits per heavy atom. The number of fused-ring (bicyclic) bond motifs is 1. The number of pyridine rings is 1. The molecule has 0 amide bonds. The second-order valence-corrected chi connectivity index (χ2v) is 10.7. The molecule has 178 valence electrons. The van der Waals surface area contributed by atoms with E-state index in [0.717, 1.165) is 31.1 Å². The van der Waals surface area contributed by atoms with Crippen LogP contribution in [-0.2, 0) is 5.44 Å². The molecule has 2 heterocycles. The smallest absolute Gasteiger partial charge is 0.119 e. The van der Waals surface area contributed by atoms with E-state index in [9.17, 15) is 5.26 Å². The van der Waals surface area contributed by atoms with E-state index in [4.69, 9.17) is 31.0 Å². The highest BCUT2D eigenvalue weighted by Gasteiger charge is 2.38. The monoisotopic (exact) mass is 513 g/mol. The second kappa shape index (κ2) is 8.40. The number of benzene rings is 2. The Hall–Kier alpha value is -3.28. The quantitative estimate of drug-likeness (QED) is 0.304. The van der Waals surface area contributed by atoms with E-state index in [-0.39, 0.29) is 5.54 Å². The first-order chi connectivity index (χ1) is 17.3. The number of halogens is 2.